The smallest absolute Gasteiger partial charge is 0.338 e. The Morgan fingerprint density at radius 3 is 2.67 bits per heavy atom. The van der Waals surface area contributed by atoms with E-state index in [-0.39, 0.29) is 17.7 Å². The summed E-state index contributed by atoms with van der Waals surface area (Å²) in [4.78, 5) is 32.6. The van der Waals surface area contributed by atoms with Crippen molar-refractivity contribution in [2.24, 2.45) is 4.99 Å². The number of allylic oxidation sites excluding steroid dienone is 1. The second-order valence-electron chi connectivity index (χ2n) is 9.54. The van der Waals surface area contributed by atoms with E-state index in [9.17, 15) is 9.59 Å². The van der Waals surface area contributed by atoms with E-state index in [0.29, 0.717) is 47.9 Å². The zero-order valence-electron chi connectivity index (χ0n) is 22.8. The number of esters is 1. The largest absolute Gasteiger partial charge is 0.496 e. The van der Waals surface area contributed by atoms with Crippen molar-refractivity contribution in [1.29, 1.82) is 0 Å². The number of furan rings is 1. The first-order valence-electron chi connectivity index (χ1n) is 13.1. The number of fused-ring (bicyclic) bond motifs is 2. The summed E-state index contributed by atoms with van der Waals surface area (Å²) in [6.45, 7) is 3.68. The molecule has 0 N–H and O–H groups in total. The van der Waals surface area contributed by atoms with E-state index in [4.69, 9.17) is 37.1 Å². The van der Waals surface area contributed by atoms with Gasteiger partial charge >= 0.3 is 5.97 Å². The van der Waals surface area contributed by atoms with Gasteiger partial charge in [-0.15, -0.1) is 0 Å². The Labute approximate surface area is 254 Å². The van der Waals surface area contributed by atoms with Crippen LogP contribution in [0.4, 0.5) is 0 Å². The zero-order chi connectivity index (χ0) is 29.5. The lowest BCUT2D eigenvalue weighted by Gasteiger charge is -2.27. The summed E-state index contributed by atoms with van der Waals surface area (Å²) in [5.41, 5.74) is 1.87. The number of benzene rings is 3. The molecular weight excluding hydrogens is 595 g/mol. The molecule has 0 bridgehead atoms. The molecule has 1 aliphatic heterocycles. The molecule has 3 aromatic carbocycles. The summed E-state index contributed by atoms with van der Waals surface area (Å²) in [5.74, 6) is 1.06. The Morgan fingerprint density at radius 1 is 1.10 bits per heavy atom. The fourth-order valence-corrected chi connectivity index (χ4v) is 6.49. The number of rotatable bonds is 6. The molecule has 7 nitrogen and oxygen atoms in total. The number of hydrogen-bond donors (Lipinski definition) is 0. The SMILES string of the molecule is CCOC(=O)C1=C(C)N=c2s/c(=C/c3ccc(-c4ccc(Cl)c(Cl)c4)o3)c(=O)n2C1c1c(OC)ccc2ccccc12. The van der Waals surface area contributed by atoms with Crippen molar-refractivity contribution >= 4 is 57.4 Å². The number of carbonyl (C=O) groups excluding carboxylic acids is 1. The average Bonchev–Trinajstić information content (AvgIpc) is 3.57. The second kappa shape index (κ2) is 11.3. The van der Waals surface area contributed by atoms with Crippen LogP contribution in [0.1, 0.15) is 31.2 Å². The topological polar surface area (TPSA) is 83.0 Å². The Bertz CT molecular complexity index is 2090. The van der Waals surface area contributed by atoms with Gasteiger partial charge in [-0.1, -0.05) is 64.9 Å². The molecule has 42 heavy (non-hydrogen) atoms. The van der Waals surface area contributed by atoms with Gasteiger partial charge in [0.05, 0.1) is 39.6 Å². The van der Waals surface area contributed by atoms with Crippen LogP contribution in [0.5, 0.6) is 5.75 Å². The highest BCUT2D eigenvalue weighted by atomic mass is 35.5. The van der Waals surface area contributed by atoms with E-state index < -0.39 is 12.0 Å². The lowest BCUT2D eigenvalue weighted by Crippen LogP contribution is -2.40. The third kappa shape index (κ3) is 4.85. The maximum absolute atomic E-state index is 14.1. The molecule has 6 rings (SSSR count). The Morgan fingerprint density at radius 2 is 1.90 bits per heavy atom. The summed E-state index contributed by atoms with van der Waals surface area (Å²) >= 11 is 13.5. The third-order valence-corrected chi connectivity index (χ3v) is 8.77. The van der Waals surface area contributed by atoms with Gasteiger partial charge in [0.25, 0.3) is 5.56 Å². The molecule has 0 saturated carbocycles. The van der Waals surface area contributed by atoms with Gasteiger partial charge in [-0.2, -0.15) is 0 Å². The van der Waals surface area contributed by atoms with Gasteiger partial charge in [0.1, 0.15) is 23.3 Å². The zero-order valence-corrected chi connectivity index (χ0v) is 25.1. The van der Waals surface area contributed by atoms with Crippen LogP contribution in [0.2, 0.25) is 10.0 Å². The molecule has 0 radical (unpaired) electrons. The molecule has 10 heteroatoms. The highest BCUT2D eigenvalue weighted by molar-refractivity contribution is 7.07. The van der Waals surface area contributed by atoms with E-state index in [1.165, 1.54) is 11.3 Å². The lowest BCUT2D eigenvalue weighted by atomic mass is 9.90. The van der Waals surface area contributed by atoms with Crippen LogP contribution in [0.25, 0.3) is 28.2 Å². The van der Waals surface area contributed by atoms with Gasteiger partial charge in [0.2, 0.25) is 0 Å². The van der Waals surface area contributed by atoms with E-state index >= 15 is 0 Å². The summed E-state index contributed by atoms with van der Waals surface area (Å²) < 4.78 is 19.2. The molecule has 0 fully saturated rings. The number of aromatic nitrogens is 1. The molecule has 0 saturated heterocycles. The summed E-state index contributed by atoms with van der Waals surface area (Å²) in [6, 6.07) is 19.6. The number of methoxy groups -OCH3 is 1. The van der Waals surface area contributed by atoms with Crippen molar-refractivity contribution in [1.82, 2.24) is 4.57 Å². The van der Waals surface area contributed by atoms with Gasteiger partial charge < -0.3 is 13.9 Å². The fourth-order valence-electron chi connectivity index (χ4n) is 5.16. The van der Waals surface area contributed by atoms with Crippen molar-refractivity contribution in [3.8, 4) is 17.1 Å². The molecule has 212 valence electrons. The minimum absolute atomic E-state index is 0.180. The minimum Gasteiger partial charge on any atom is -0.496 e. The molecule has 0 spiro atoms. The summed E-state index contributed by atoms with van der Waals surface area (Å²) in [7, 11) is 1.57. The number of ether oxygens (including phenoxy) is 2. The van der Waals surface area contributed by atoms with Crippen LogP contribution in [-0.4, -0.2) is 24.3 Å². The fraction of sp³-hybridized carbons (Fsp3) is 0.156. The van der Waals surface area contributed by atoms with Gasteiger partial charge in [0, 0.05) is 17.2 Å². The summed E-state index contributed by atoms with van der Waals surface area (Å²) in [6.07, 6.45) is 1.67. The Hall–Kier alpha value is -4.11. The number of thiazole rings is 1. The van der Waals surface area contributed by atoms with Gasteiger partial charge in [0.15, 0.2) is 4.80 Å². The molecular formula is C32H24Cl2N2O5S. The first kappa shape index (κ1) is 28.0. The standard InChI is InChI=1S/C32H24Cl2N2O5S/c1-4-40-31(38)27-17(2)35-32-36(29(27)28-21-8-6-5-7-18(21)10-13-25(28)39-3)30(37)26(42-32)16-20-11-14-24(41-20)19-9-12-22(33)23(34)15-19/h5-16,29H,4H2,1-3H3/b26-16+. The van der Waals surface area contributed by atoms with Crippen molar-refractivity contribution in [3.05, 3.63) is 119 Å². The minimum atomic E-state index is -0.827. The highest BCUT2D eigenvalue weighted by Gasteiger charge is 2.36. The molecule has 1 unspecified atom stereocenters. The van der Waals surface area contributed by atoms with Crippen LogP contribution in [0.15, 0.2) is 92.2 Å². The molecule has 0 amide bonds. The number of carbonyl (C=O) groups is 1. The molecule has 1 atom stereocenters. The third-order valence-electron chi connectivity index (χ3n) is 7.05. The lowest BCUT2D eigenvalue weighted by molar-refractivity contribution is -0.139. The summed E-state index contributed by atoms with van der Waals surface area (Å²) in [5, 5.41) is 2.66. The molecule has 1 aliphatic rings. The molecule has 2 aromatic heterocycles. The maximum atomic E-state index is 14.1. The van der Waals surface area contributed by atoms with Gasteiger partial charge in [-0.25, -0.2) is 9.79 Å². The van der Waals surface area contributed by atoms with Crippen molar-refractivity contribution in [2.75, 3.05) is 13.7 Å². The Kier molecular flexibility index (Phi) is 7.53. The van der Waals surface area contributed by atoms with Crippen LogP contribution in [0, 0.1) is 0 Å². The number of hydrogen-bond acceptors (Lipinski definition) is 7. The first-order valence-corrected chi connectivity index (χ1v) is 14.7. The molecule has 3 heterocycles. The van der Waals surface area contributed by atoms with Crippen LogP contribution in [0.3, 0.4) is 0 Å². The predicted octanol–water partition coefficient (Wildman–Crippen LogP) is 6.53. The normalized spacial score (nSPS) is 15.1. The average molecular weight is 620 g/mol. The van der Waals surface area contributed by atoms with E-state index in [2.05, 4.69) is 4.99 Å². The highest BCUT2D eigenvalue weighted by Crippen LogP contribution is 2.40. The maximum Gasteiger partial charge on any atom is 0.338 e. The van der Waals surface area contributed by atoms with E-state index in [0.717, 1.165) is 16.3 Å². The van der Waals surface area contributed by atoms with Gasteiger partial charge in [-0.05, 0) is 61.0 Å². The number of halogens is 2. The van der Waals surface area contributed by atoms with E-state index in [1.54, 1.807) is 55.9 Å². The Balaban J connectivity index is 1.56. The van der Waals surface area contributed by atoms with Crippen LogP contribution in [-0.2, 0) is 9.53 Å². The molecule has 5 aromatic rings. The second-order valence-corrected chi connectivity index (χ2v) is 11.4. The van der Waals surface area contributed by atoms with Crippen molar-refractivity contribution in [2.45, 2.75) is 19.9 Å². The number of nitrogens with zero attached hydrogens (tertiary/aromatic N) is 2. The quantitative estimate of drug-likeness (QED) is 0.202. The van der Waals surface area contributed by atoms with Crippen LogP contribution < -0.4 is 19.6 Å². The first-order chi connectivity index (χ1) is 20.3. The van der Waals surface area contributed by atoms with Crippen molar-refractivity contribution in [3.63, 3.8) is 0 Å². The molecule has 0 aliphatic carbocycles. The van der Waals surface area contributed by atoms with Crippen LogP contribution >= 0.6 is 34.5 Å². The van der Waals surface area contributed by atoms with E-state index in [1.807, 2.05) is 42.5 Å². The van der Waals surface area contributed by atoms with Gasteiger partial charge in [-0.3, -0.25) is 9.36 Å². The van der Waals surface area contributed by atoms with Crippen molar-refractivity contribution < 1.29 is 18.7 Å². The monoisotopic (exact) mass is 618 g/mol. The predicted molar refractivity (Wildman–Crippen MR) is 165 cm³/mol.